The lowest BCUT2D eigenvalue weighted by Gasteiger charge is -2.11. The van der Waals surface area contributed by atoms with Gasteiger partial charge in [-0.2, -0.15) is 18.3 Å². The first-order valence-corrected chi connectivity index (χ1v) is 10.4. The highest BCUT2D eigenvalue weighted by molar-refractivity contribution is 6.04. The fourth-order valence-corrected chi connectivity index (χ4v) is 3.73. The van der Waals surface area contributed by atoms with Crippen LogP contribution in [0.15, 0.2) is 97.3 Å². The van der Waals surface area contributed by atoms with Crippen molar-refractivity contribution in [2.75, 3.05) is 5.32 Å². The van der Waals surface area contributed by atoms with E-state index in [2.05, 4.69) is 15.4 Å². The van der Waals surface area contributed by atoms with Crippen molar-refractivity contribution in [3.05, 3.63) is 108 Å². The third kappa shape index (κ3) is 4.13. The third-order valence-electron chi connectivity index (χ3n) is 5.35. The predicted molar refractivity (Wildman–Crippen MR) is 123 cm³/mol. The van der Waals surface area contributed by atoms with E-state index in [1.165, 1.54) is 12.1 Å². The molecule has 2 aromatic heterocycles. The molecule has 0 aliphatic carbocycles. The van der Waals surface area contributed by atoms with Crippen molar-refractivity contribution < 1.29 is 18.0 Å². The van der Waals surface area contributed by atoms with Gasteiger partial charge in [-0.3, -0.25) is 4.79 Å². The molecule has 0 aliphatic rings. The molecule has 5 rings (SSSR count). The Balaban J connectivity index is 1.46. The van der Waals surface area contributed by atoms with Crippen molar-refractivity contribution >= 4 is 17.2 Å². The molecule has 3 aromatic carbocycles. The molecule has 34 heavy (non-hydrogen) atoms. The van der Waals surface area contributed by atoms with Crippen LogP contribution < -0.4 is 5.32 Å². The molecule has 168 valence electrons. The maximum Gasteiger partial charge on any atom is 0.416 e. The lowest BCUT2D eigenvalue weighted by atomic mass is 10.1. The zero-order valence-corrected chi connectivity index (χ0v) is 17.6. The number of fused-ring (bicyclic) bond motifs is 1. The lowest BCUT2D eigenvalue weighted by molar-refractivity contribution is -0.137. The van der Waals surface area contributed by atoms with Crippen LogP contribution in [-0.2, 0) is 6.18 Å². The molecule has 8 heteroatoms. The van der Waals surface area contributed by atoms with Crippen LogP contribution in [-0.4, -0.2) is 20.5 Å². The zero-order chi connectivity index (χ0) is 23.7. The van der Waals surface area contributed by atoms with Gasteiger partial charge in [-0.05, 0) is 42.0 Å². The Morgan fingerprint density at radius 2 is 1.62 bits per heavy atom. The number of amides is 1. The summed E-state index contributed by atoms with van der Waals surface area (Å²) in [6.07, 6.45) is -1.08. The molecule has 2 heterocycles. The molecule has 0 fully saturated rings. The molecule has 0 saturated carbocycles. The van der Waals surface area contributed by atoms with Crippen molar-refractivity contribution in [3.63, 3.8) is 0 Å². The van der Waals surface area contributed by atoms with Gasteiger partial charge in [0.2, 0.25) is 0 Å². The average Bonchev–Trinajstić information content (AvgIpc) is 3.29. The van der Waals surface area contributed by atoms with E-state index in [0.29, 0.717) is 11.3 Å². The van der Waals surface area contributed by atoms with Gasteiger partial charge >= 0.3 is 6.18 Å². The topological polar surface area (TPSA) is 59.3 Å². The molecule has 0 radical (unpaired) electrons. The van der Waals surface area contributed by atoms with Crippen LogP contribution in [0.4, 0.5) is 18.9 Å². The summed E-state index contributed by atoms with van der Waals surface area (Å²) >= 11 is 0. The lowest BCUT2D eigenvalue weighted by Crippen LogP contribution is -2.14. The van der Waals surface area contributed by atoms with Gasteiger partial charge in [0.25, 0.3) is 5.91 Å². The first-order valence-electron chi connectivity index (χ1n) is 10.4. The first-order chi connectivity index (χ1) is 16.4. The number of hydrogen-bond acceptors (Lipinski definition) is 3. The Hall–Kier alpha value is -4.46. The summed E-state index contributed by atoms with van der Waals surface area (Å²) in [5.74, 6) is -0.631. The van der Waals surface area contributed by atoms with Gasteiger partial charge < -0.3 is 5.32 Å². The molecule has 0 atom stereocenters. The quantitative estimate of drug-likeness (QED) is 0.342. The van der Waals surface area contributed by atoms with Crippen LogP contribution >= 0.6 is 0 Å². The summed E-state index contributed by atoms with van der Waals surface area (Å²) < 4.78 is 40.7. The Kier molecular flexibility index (Phi) is 5.33. The smallest absolute Gasteiger partial charge is 0.322 e. The van der Waals surface area contributed by atoms with E-state index in [4.69, 9.17) is 0 Å². The van der Waals surface area contributed by atoms with Crippen molar-refractivity contribution in [2.45, 2.75) is 6.18 Å². The molecule has 0 unspecified atom stereocenters. The zero-order valence-electron chi connectivity index (χ0n) is 17.6. The number of carbonyl (C=O) groups excluding carboxylic acids is 1. The monoisotopic (exact) mass is 458 g/mol. The third-order valence-corrected chi connectivity index (χ3v) is 5.35. The number of benzene rings is 3. The minimum atomic E-state index is -4.52. The van der Waals surface area contributed by atoms with E-state index in [1.54, 1.807) is 35.1 Å². The normalized spacial score (nSPS) is 11.5. The minimum Gasteiger partial charge on any atom is -0.322 e. The predicted octanol–water partition coefficient (Wildman–Crippen LogP) is 6.33. The Labute approximate surface area is 192 Å². The number of hydrogen-bond donors (Lipinski definition) is 1. The molecule has 0 bridgehead atoms. The largest absolute Gasteiger partial charge is 0.416 e. The number of carbonyl (C=O) groups is 1. The number of anilines is 1. The molecule has 5 nitrogen and oxygen atoms in total. The van der Waals surface area contributed by atoms with Crippen molar-refractivity contribution in [3.8, 4) is 22.4 Å². The second-order valence-electron chi connectivity index (χ2n) is 7.60. The van der Waals surface area contributed by atoms with E-state index in [0.717, 1.165) is 34.5 Å². The molecule has 5 aromatic rings. The van der Waals surface area contributed by atoms with Crippen LogP contribution in [0.1, 0.15) is 15.9 Å². The summed E-state index contributed by atoms with van der Waals surface area (Å²) in [5.41, 5.74) is 3.56. The van der Waals surface area contributed by atoms with E-state index in [1.807, 2.05) is 42.5 Å². The summed E-state index contributed by atoms with van der Waals surface area (Å²) in [7, 11) is 0. The Morgan fingerprint density at radius 3 is 2.41 bits per heavy atom. The van der Waals surface area contributed by atoms with Crippen LogP contribution in [0.2, 0.25) is 0 Å². The van der Waals surface area contributed by atoms with Crippen LogP contribution in [0.5, 0.6) is 0 Å². The van der Waals surface area contributed by atoms with Gasteiger partial charge in [0.1, 0.15) is 0 Å². The summed E-state index contributed by atoms with van der Waals surface area (Å²) in [4.78, 5) is 17.1. The molecule has 0 saturated heterocycles. The van der Waals surface area contributed by atoms with Gasteiger partial charge in [-0.15, -0.1) is 0 Å². The standard InChI is InChI=1S/C26H17F3N4O/c27-26(28,29)20-10-4-9-19(14-20)25(34)32-21-11-5-8-18(15-21)23-12-13-30-24-22(16-31-33(23)24)17-6-2-1-3-7-17/h1-16H,(H,32,34). The van der Waals surface area contributed by atoms with Gasteiger partial charge in [-0.1, -0.05) is 48.5 Å². The Bertz CT molecular complexity index is 1490. The fourth-order valence-electron chi connectivity index (χ4n) is 3.73. The fraction of sp³-hybridized carbons (Fsp3) is 0.0385. The molecule has 0 aliphatic heterocycles. The molecule has 1 amide bonds. The van der Waals surface area contributed by atoms with Gasteiger partial charge in [0.05, 0.1) is 17.5 Å². The van der Waals surface area contributed by atoms with E-state index in [-0.39, 0.29) is 5.56 Å². The van der Waals surface area contributed by atoms with E-state index in [9.17, 15) is 18.0 Å². The van der Waals surface area contributed by atoms with Crippen LogP contribution in [0, 0.1) is 0 Å². The number of nitrogens with one attached hydrogen (secondary N) is 1. The molecule has 1 N–H and O–H groups in total. The molecular formula is C26H17F3N4O. The van der Waals surface area contributed by atoms with Gasteiger partial charge in [0.15, 0.2) is 5.65 Å². The first kappa shape index (κ1) is 21.4. The number of alkyl halides is 3. The highest BCUT2D eigenvalue weighted by Gasteiger charge is 2.30. The number of aromatic nitrogens is 3. The summed E-state index contributed by atoms with van der Waals surface area (Å²) in [6.45, 7) is 0. The highest BCUT2D eigenvalue weighted by atomic mass is 19.4. The maximum atomic E-state index is 13.0. The van der Waals surface area contributed by atoms with Crippen molar-refractivity contribution in [2.24, 2.45) is 0 Å². The average molecular weight is 458 g/mol. The van der Waals surface area contributed by atoms with Crippen molar-refractivity contribution in [1.29, 1.82) is 0 Å². The Morgan fingerprint density at radius 1 is 0.853 bits per heavy atom. The summed E-state index contributed by atoms with van der Waals surface area (Å²) in [6, 6.07) is 22.9. The summed E-state index contributed by atoms with van der Waals surface area (Å²) in [5, 5.41) is 7.18. The van der Waals surface area contributed by atoms with E-state index >= 15 is 0 Å². The van der Waals surface area contributed by atoms with Gasteiger partial charge in [-0.25, -0.2) is 9.50 Å². The van der Waals surface area contributed by atoms with Crippen LogP contribution in [0.3, 0.4) is 0 Å². The highest BCUT2D eigenvalue weighted by Crippen LogP contribution is 2.30. The second-order valence-corrected chi connectivity index (χ2v) is 7.60. The molecule has 0 spiro atoms. The van der Waals surface area contributed by atoms with Gasteiger partial charge in [0, 0.05) is 28.6 Å². The number of halogens is 3. The maximum absolute atomic E-state index is 13.0. The second kappa shape index (κ2) is 8.47. The number of rotatable bonds is 4. The minimum absolute atomic E-state index is 0.0777. The molecular weight excluding hydrogens is 441 g/mol. The van der Waals surface area contributed by atoms with Crippen LogP contribution in [0.25, 0.3) is 28.0 Å². The van der Waals surface area contributed by atoms with Crippen molar-refractivity contribution in [1.82, 2.24) is 14.6 Å². The number of nitrogens with zero attached hydrogens (tertiary/aromatic N) is 3. The van der Waals surface area contributed by atoms with E-state index < -0.39 is 17.6 Å². The SMILES string of the molecule is O=C(Nc1cccc(-c2ccnc3c(-c4ccccc4)cnn23)c1)c1cccc(C(F)(F)F)c1.